The van der Waals surface area contributed by atoms with Crippen LogP contribution in [-0.2, 0) is 17.6 Å². The van der Waals surface area contributed by atoms with Crippen LogP contribution < -0.4 is 5.32 Å². The van der Waals surface area contributed by atoms with E-state index < -0.39 is 0 Å². The zero-order valence-electron chi connectivity index (χ0n) is 15.9. The van der Waals surface area contributed by atoms with Crippen LogP contribution >= 0.6 is 0 Å². The Balaban J connectivity index is 1.89. The fraction of sp³-hybridized carbons (Fsp3) is 0.273. The Morgan fingerprint density at radius 2 is 1.89 bits per heavy atom. The van der Waals surface area contributed by atoms with E-state index in [-0.39, 0.29) is 18.1 Å². The minimum atomic E-state index is -0.309. The molecule has 0 atom stereocenters. The van der Waals surface area contributed by atoms with Gasteiger partial charge < -0.3 is 5.32 Å². The van der Waals surface area contributed by atoms with Crippen molar-refractivity contribution in [3.8, 4) is 11.3 Å². The summed E-state index contributed by atoms with van der Waals surface area (Å²) in [4.78, 5) is 12.6. The molecule has 0 radical (unpaired) electrons. The monoisotopic (exact) mass is 365 g/mol. The molecule has 3 rings (SSSR count). The number of aryl methyl sites for hydroxylation is 3. The highest BCUT2D eigenvalue weighted by atomic mass is 19.1. The van der Waals surface area contributed by atoms with E-state index in [2.05, 4.69) is 35.4 Å². The Morgan fingerprint density at radius 3 is 2.56 bits per heavy atom. The van der Waals surface area contributed by atoms with Gasteiger partial charge in [0.05, 0.1) is 17.8 Å². The lowest BCUT2D eigenvalue weighted by atomic mass is 10.0. The fourth-order valence-corrected chi connectivity index (χ4v) is 3.19. The van der Waals surface area contributed by atoms with Crippen LogP contribution in [0.5, 0.6) is 0 Å². The van der Waals surface area contributed by atoms with Crippen LogP contribution in [0, 0.1) is 19.7 Å². The van der Waals surface area contributed by atoms with Gasteiger partial charge in [-0.15, -0.1) is 0 Å². The van der Waals surface area contributed by atoms with Gasteiger partial charge in [0.2, 0.25) is 5.91 Å². The summed E-state index contributed by atoms with van der Waals surface area (Å²) < 4.78 is 13.1. The third-order valence-electron chi connectivity index (χ3n) is 4.52. The first-order valence-corrected chi connectivity index (χ1v) is 9.17. The number of hydrogen-bond acceptors (Lipinski definition) is 2. The Bertz CT molecular complexity index is 945. The Hall–Kier alpha value is -2.95. The molecule has 27 heavy (non-hydrogen) atoms. The number of carbonyl (C=O) groups is 1. The molecule has 0 aliphatic heterocycles. The minimum absolute atomic E-state index is 0.147. The van der Waals surface area contributed by atoms with Gasteiger partial charge in [0, 0.05) is 5.56 Å². The molecule has 0 saturated carbocycles. The van der Waals surface area contributed by atoms with Crippen LogP contribution in [0.4, 0.5) is 10.1 Å². The van der Waals surface area contributed by atoms with Gasteiger partial charge in [-0.2, -0.15) is 5.10 Å². The van der Waals surface area contributed by atoms with Crippen LogP contribution in [0.25, 0.3) is 11.3 Å². The van der Waals surface area contributed by atoms with Gasteiger partial charge in [-0.1, -0.05) is 49.2 Å². The van der Waals surface area contributed by atoms with E-state index in [0.717, 1.165) is 46.6 Å². The maximum atomic E-state index is 13.1. The van der Waals surface area contributed by atoms with Crippen molar-refractivity contribution in [2.24, 2.45) is 0 Å². The van der Waals surface area contributed by atoms with Crippen LogP contribution in [0.1, 0.15) is 35.7 Å². The van der Waals surface area contributed by atoms with Crippen LogP contribution in [-0.4, -0.2) is 16.1 Å². The van der Waals surface area contributed by atoms with Crippen molar-refractivity contribution in [3.05, 3.63) is 70.7 Å². The number of aromatic amines is 1. The maximum absolute atomic E-state index is 13.1. The summed E-state index contributed by atoms with van der Waals surface area (Å²) in [6.45, 7) is 6.18. The third kappa shape index (κ3) is 4.42. The molecule has 3 aromatic rings. The predicted molar refractivity (Wildman–Crippen MR) is 106 cm³/mol. The van der Waals surface area contributed by atoms with Gasteiger partial charge >= 0.3 is 0 Å². The second kappa shape index (κ2) is 8.16. The van der Waals surface area contributed by atoms with Crippen molar-refractivity contribution in [1.82, 2.24) is 10.2 Å². The number of rotatable bonds is 6. The Labute approximate surface area is 158 Å². The van der Waals surface area contributed by atoms with E-state index in [9.17, 15) is 9.18 Å². The molecule has 140 valence electrons. The molecule has 4 nitrogen and oxygen atoms in total. The fourth-order valence-electron chi connectivity index (χ4n) is 3.19. The van der Waals surface area contributed by atoms with Crippen LogP contribution in [0.3, 0.4) is 0 Å². The van der Waals surface area contributed by atoms with Crippen LogP contribution in [0.2, 0.25) is 0 Å². The largest absolute Gasteiger partial charge is 0.322 e. The number of carbonyl (C=O) groups excluding carboxylic acids is 1. The summed E-state index contributed by atoms with van der Waals surface area (Å²) in [6.07, 6.45) is 1.92. The molecule has 0 unspecified atom stereocenters. The summed E-state index contributed by atoms with van der Waals surface area (Å²) >= 11 is 0. The molecule has 1 amide bonds. The summed E-state index contributed by atoms with van der Waals surface area (Å²) in [7, 11) is 0. The molecule has 5 heteroatoms. The minimum Gasteiger partial charge on any atom is -0.322 e. The second-order valence-corrected chi connectivity index (χ2v) is 6.85. The number of hydrogen-bond donors (Lipinski definition) is 2. The number of aromatic nitrogens is 2. The van der Waals surface area contributed by atoms with Crippen LogP contribution in [0.15, 0.2) is 42.5 Å². The molecular formula is C22H24FN3O. The third-order valence-corrected chi connectivity index (χ3v) is 4.52. The number of H-pyrrole nitrogens is 1. The molecule has 0 saturated heterocycles. The average Bonchev–Trinajstić information content (AvgIpc) is 3.00. The van der Waals surface area contributed by atoms with E-state index >= 15 is 0 Å². The number of amides is 1. The summed E-state index contributed by atoms with van der Waals surface area (Å²) in [5.74, 6) is -0.456. The molecule has 1 heterocycles. The first-order valence-electron chi connectivity index (χ1n) is 9.17. The van der Waals surface area contributed by atoms with Crippen molar-refractivity contribution in [2.45, 2.75) is 40.0 Å². The van der Waals surface area contributed by atoms with Crippen molar-refractivity contribution < 1.29 is 9.18 Å². The summed E-state index contributed by atoms with van der Waals surface area (Å²) in [5, 5.41) is 10.6. The van der Waals surface area contributed by atoms with E-state index in [0.29, 0.717) is 0 Å². The van der Waals surface area contributed by atoms with Crippen molar-refractivity contribution in [2.75, 3.05) is 5.32 Å². The topological polar surface area (TPSA) is 57.8 Å². The van der Waals surface area contributed by atoms with E-state index in [1.807, 2.05) is 19.1 Å². The summed E-state index contributed by atoms with van der Waals surface area (Å²) in [5.41, 5.74) is 6.46. The van der Waals surface area contributed by atoms with Gasteiger partial charge in [-0.25, -0.2) is 4.39 Å². The molecule has 0 bridgehead atoms. The maximum Gasteiger partial charge on any atom is 0.228 e. The molecule has 0 aliphatic carbocycles. The van der Waals surface area contributed by atoms with E-state index in [4.69, 9.17) is 0 Å². The Morgan fingerprint density at radius 1 is 1.15 bits per heavy atom. The smallest absolute Gasteiger partial charge is 0.228 e. The first-order chi connectivity index (χ1) is 13.0. The molecule has 0 aliphatic rings. The van der Waals surface area contributed by atoms with Gasteiger partial charge in [0.25, 0.3) is 0 Å². The zero-order chi connectivity index (χ0) is 19.4. The number of nitrogens with one attached hydrogen (secondary N) is 2. The van der Waals surface area contributed by atoms with Gasteiger partial charge in [-0.05, 0) is 43.5 Å². The molecular weight excluding hydrogens is 341 g/mol. The van der Waals surface area contributed by atoms with Gasteiger partial charge in [0.15, 0.2) is 0 Å². The molecule has 0 fully saturated rings. The highest BCUT2D eigenvalue weighted by Crippen LogP contribution is 2.32. The quantitative estimate of drug-likeness (QED) is 0.648. The van der Waals surface area contributed by atoms with Crippen molar-refractivity contribution >= 4 is 11.6 Å². The lowest BCUT2D eigenvalue weighted by Gasteiger charge is -2.10. The van der Waals surface area contributed by atoms with E-state index in [1.54, 1.807) is 12.1 Å². The molecule has 0 spiro atoms. The standard InChI is InChI=1S/C22H24FN3O/c1-4-5-19-22(24-20(27)13-16-7-9-17(23)10-8-16)21(26-25-19)18-11-6-14(2)12-15(18)3/h6-12H,4-5,13H2,1-3H3,(H,24,27)(H,25,26). The highest BCUT2D eigenvalue weighted by Gasteiger charge is 2.18. The number of benzene rings is 2. The van der Waals surface area contributed by atoms with Gasteiger partial charge in [-0.3, -0.25) is 9.89 Å². The van der Waals surface area contributed by atoms with Crippen molar-refractivity contribution in [1.29, 1.82) is 0 Å². The predicted octanol–water partition coefficient (Wildman–Crippen LogP) is 4.97. The molecule has 1 aromatic heterocycles. The highest BCUT2D eigenvalue weighted by molar-refractivity contribution is 5.97. The first kappa shape index (κ1) is 18.8. The average molecular weight is 365 g/mol. The van der Waals surface area contributed by atoms with Gasteiger partial charge in [0.1, 0.15) is 11.5 Å². The lowest BCUT2D eigenvalue weighted by molar-refractivity contribution is -0.115. The Kier molecular flexibility index (Phi) is 5.69. The normalized spacial score (nSPS) is 10.8. The van der Waals surface area contributed by atoms with Crippen molar-refractivity contribution in [3.63, 3.8) is 0 Å². The lowest BCUT2D eigenvalue weighted by Crippen LogP contribution is -2.15. The summed E-state index contributed by atoms with van der Waals surface area (Å²) in [6, 6.07) is 12.2. The number of halogens is 1. The molecule has 2 N–H and O–H groups in total. The zero-order valence-corrected chi connectivity index (χ0v) is 15.9. The number of nitrogens with zero attached hydrogens (tertiary/aromatic N) is 1. The SMILES string of the molecule is CCCc1[nH]nc(-c2ccc(C)cc2C)c1NC(=O)Cc1ccc(F)cc1. The number of anilines is 1. The molecule has 2 aromatic carbocycles. The second-order valence-electron chi connectivity index (χ2n) is 6.85. The van der Waals surface area contributed by atoms with E-state index in [1.165, 1.54) is 17.7 Å².